The van der Waals surface area contributed by atoms with E-state index in [9.17, 15) is 9.59 Å². The summed E-state index contributed by atoms with van der Waals surface area (Å²) < 4.78 is 4.87. The summed E-state index contributed by atoms with van der Waals surface area (Å²) >= 11 is 0. The molecule has 5 nitrogen and oxygen atoms in total. The SMILES string of the molecule is COC(=O)C(C1CC1)N1CCCC(C(N)=O)C1. The molecule has 1 saturated carbocycles. The van der Waals surface area contributed by atoms with Gasteiger partial charge in [-0.05, 0) is 38.1 Å². The van der Waals surface area contributed by atoms with Gasteiger partial charge in [0, 0.05) is 6.54 Å². The zero-order chi connectivity index (χ0) is 12.4. The number of methoxy groups -OCH3 is 1. The van der Waals surface area contributed by atoms with E-state index in [0.29, 0.717) is 12.5 Å². The molecule has 2 N–H and O–H groups in total. The van der Waals surface area contributed by atoms with E-state index < -0.39 is 0 Å². The Morgan fingerprint density at radius 1 is 1.35 bits per heavy atom. The Labute approximate surface area is 101 Å². The Kier molecular flexibility index (Phi) is 3.66. The lowest BCUT2D eigenvalue weighted by Crippen LogP contribution is -2.50. The summed E-state index contributed by atoms with van der Waals surface area (Å²) in [7, 11) is 1.42. The molecule has 1 amide bonds. The second-order valence-corrected chi connectivity index (χ2v) is 5.04. The molecular formula is C12H20N2O3. The van der Waals surface area contributed by atoms with Crippen LogP contribution in [0.5, 0.6) is 0 Å². The number of esters is 1. The Balaban J connectivity index is 2.02. The lowest BCUT2D eigenvalue weighted by Gasteiger charge is -2.35. The number of hydrogen-bond donors (Lipinski definition) is 1. The molecule has 17 heavy (non-hydrogen) atoms. The van der Waals surface area contributed by atoms with E-state index in [-0.39, 0.29) is 23.8 Å². The predicted octanol–water partition coefficient (Wildman–Crippen LogP) is 0.135. The summed E-state index contributed by atoms with van der Waals surface area (Å²) in [5.41, 5.74) is 5.35. The van der Waals surface area contributed by atoms with Crippen LogP contribution >= 0.6 is 0 Å². The molecule has 2 rings (SSSR count). The van der Waals surface area contributed by atoms with Crippen LogP contribution in [0, 0.1) is 11.8 Å². The maximum atomic E-state index is 11.8. The highest BCUT2D eigenvalue weighted by atomic mass is 16.5. The van der Waals surface area contributed by atoms with Gasteiger partial charge >= 0.3 is 5.97 Å². The minimum atomic E-state index is -0.255. The van der Waals surface area contributed by atoms with Gasteiger partial charge in [-0.3, -0.25) is 14.5 Å². The first-order chi connectivity index (χ1) is 8.13. The Hall–Kier alpha value is -1.10. The van der Waals surface area contributed by atoms with Crippen LogP contribution in [0.25, 0.3) is 0 Å². The van der Waals surface area contributed by atoms with Crippen LogP contribution in [0.4, 0.5) is 0 Å². The van der Waals surface area contributed by atoms with E-state index >= 15 is 0 Å². The van der Waals surface area contributed by atoms with Crippen molar-refractivity contribution in [2.45, 2.75) is 31.7 Å². The van der Waals surface area contributed by atoms with Crippen molar-refractivity contribution < 1.29 is 14.3 Å². The van der Waals surface area contributed by atoms with Gasteiger partial charge in [0.05, 0.1) is 13.0 Å². The average molecular weight is 240 g/mol. The third-order valence-electron chi connectivity index (χ3n) is 3.76. The molecule has 2 unspecified atom stereocenters. The minimum absolute atomic E-state index is 0.116. The average Bonchev–Trinajstić information content (AvgIpc) is 3.14. The van der Waals surface area contributed by atoms with Gasteiger partial charge in [-0.1, -0.05) is 0 Å². The number of carbonyl (C=O) groups is 2. The van der Waals surface area contributed by atoms with Gasteiger partial charge < -0.3 is 10.5 Å². The summed E-state index contributed by atoms with van der Waals surface area (Å²) in [6.45, 7) is 1.46. The largest absolute Gasteiger partial charge is 0.468 e. The van der Waals surface area contributed by atoms with Crippen molar-refractivity contribution in [1.29, 1.82) is 0 Å². The van der Waals surface area contributed by atoms with E-state index in [4.69, 9.17) is 10.5 Å². The number of amides is 1. The highest BCUT2D eigenvalue weighted by Crippen LogP contribution is 2.37. The first-order valence-electron chi connectivity index (χ1n) is 6.24. The molecule has 1 aliphatic heterocycles. The van der Waals surface area contributed by atoms with Crippen molar-refractivity contribution in [2.24, 2.45) is 17.6 Å². The molecule has 2 fully saturated rings. The van der Waals surface area contributed by atoms with Crippen molar-refractivity contribution >= 4 is 11.9 Å². The first kappa shape index (κ1) is 12.4. The van der Waals surface area contributed by atoms with E-state index in [1.165, 1.54) is 7.11 Å². The number of nitrogens with two attached hydrogens (primary N) is 1. The Morgan fingerprint density at radius 3 is 2.59 bits per heavy atom. The smallest absolute Gasteiger partial charge is 0.323 e. The first-order valence-corrected chi connectivity index (χ1v) is 6.24. The highest BCUT2D eigenvalue weighted by molar-refractivity contribution is 5.78. The molecule has 2 atom stereocenters. The molecule has 0 aromatic carbocycles. The topological polar surface area (TPSA) is 72.6 Å². The van der Waals surface area contributed by atoms with Gasteiger partial charge in [0.25, 0.3) is 0 Å². The Bertz CT molecular complexity index is 315. The van der Waals surface area contributed by atoms with Gasteiger partial charge in [0.2, 0.25) is 5.91 Å². The quantitative estimate of drug-likeness (QED) is 0.709. The molecule has 2 aliphatic rings. The molecule has 1 saturated heterocycles. The van der Waals surface area contributed by atoms with Gasteiger partial charge in [0.1, 0.15) is 6.04 Å². The normalized spacial score (nSPS) is 27.5. The molecule has 0 bridgehead atoms. The van der Waals surface area contributed by atoms with Crippen molar-refractivity contribution in [3.05, 3.63) is 0 Å². The number of nitrogens with zero attached hydrogens (tertiary/aromatic N) is 1. The van der Waals surface area contributed by atoms with Crippen LogP contribution in [0.2, 0.25) is 0 Å². The third kappa shape index (κ3) is 2.77. The number of rotatable bonds is 4. The van der Waals surface area contributed by atoms with Crippen LogP contribution in [-0.4, -0.2) is 43.0 Å². The molecule has 96 valence electrons. The Morgan fingerprint density at radius 2 is 2.06 bits per heavy atom. The molecule has 0 spiro atoms. The van der Waals surface area contributed by atoms with Crippen LogP contribution in [-0.2, 0) is 14.3 Å². The summed E-state index contributed by atoms with van der Waals surface area (Å²) in [4.78, 5) is 25.1. The van der Waals surface area contributed by atoms with Gasteiger partial charge in [-0.15, -0.1) is 0 Å². The van der Waals surface area contributed by atoms with Crippen LogP contribution in [0.1, 0.15) is 25.7 Å². The summed E-state index contributed by atoms with van der Waals surface area (Å²) in [5.74, 6) is -0.129. The fourth-order valence-corrected chi connectivity index (χ4v) is 2.66. The molecule has 1 aliphatic carbocycles. The van der Waals surface area contributed by atoms with Crippen molar-refractivity contribution in [2.75, 3.05) is 20.2 Å². The van der Waals surface area contributed by atoms with E-state index in [2.05, 4.69) is 4.90 Å². The maximum absolute atomic E-state index is 11.8. The molecule has 0 radical (unpaired) electrons. The van der Waals surface area contributed by atoms with Crippen LogP contribution in [0.3, 0.4) is 0 Å². The molecule has 1 heterocycles. The number of likely N-dealkylation sites (tertiary alicyclic amines) is 1. The van der Waals surface area contributed by atoms with Crippen molar-refractivity contribution in [3.63, 3.8) is 0 Å². The number of piperidine rings is 1. The predicted molar refractivity (Wildman–Crippen MR) is 62.0 cm³/mol. The number of carbonyl (C=O) groups excluding carboxylic acids is 2. The molecule has 0 aromatic heterocycles. The van der Waals surface area contributed by atoms with Gasteiger partial charge in [-0.25, -0.2) is 0 Å². The van der Waals surface area contributed by atoms with Crippen LogP contribution < -0.4 is 5.73 Å². The molecule has 0 aromatic rings. The minimum Gasteiger partial charge on any atom is -0.468 e. The van der Waals surface area contributed by atoms with Gasteiger partial charge in [-0.2, -0.15) is 0 Å². The second-order valence-electron chi connectivity index (χ2n) is 5.04. The molecule has 5 heteroatoms. The monoisotopic (exact) mass is 240 g/mol. The zero-order valence-electron chi connectivity index (χ0n) is 10.2. The van der Waals surface area contributed by atoms with E-state index in [1.807, 2.05) is 0 Å². The number of ether oxygens (including phenoxy) is 1. The summed E-state index contributed by atoms with van der Waals surface area (Å²) in [6.07, 6.45) is 3.92. The maximum Gasteiger partial charge on any atom is 0.323 e. The number of primary amides is 1. The lowest BCUT2D eigenvalue weighted by atomic mass is 9.95. The highest BCUT2D eigenvalue weighted by Gasteiger charge is 2.42. The van der Waals surface area contributed by atoms with E-state index in [0.717, 1.165) is 32.2 Å². The van der Waals surface area contributed by atoms with Crippen molar-refractivity contribution in [3.8, 4) is 0 Å². The second kappa shape index (κ2) is 5.04. The fourth-order valence-electron chi connectivity index (χ4n) is 2.66. The van der Waals surface area contributed by atoms with Crippen molar-refractivity contribution in [1.82, 2.24) is 4.90 Å². The standard InChI is InChI=1S/C12H20N2O3/c1-17-12(16)10(8-4-5-8)14-6-2-3-9(7-14)11(13)15/h8-10H,2-7H2,1H3,(H2,13,15). The zero-order valence-corrected chi connectivity index (χ0v) is 10.2. The molecular weight excluding hydrogens is 220 g/mol. The number of hydrogen-bond acceptors (Lipinski definition) is 4. The lowest BCUT2D eigenvalue weighted by molar-refractivity contribution is -0.149. The fraction of sp³-hybridized carbons (Fsp3) is 0.833. The van der Waals surface area contributed by atoms with E-state index in [1.54, 1.807) is 0 Å². The third-order valence-corrected chi connectivity index (χ3v) is 3.76. The van der Waals surface area contributed by atoms with Gasteiger partial charge in [0.15, 0.2) is 0 Å². The summed E-state index contributed by atoms with van der Waals surface area (Å²) in [6, 6.07) is -0.165. The van der Waals surface area contributed by atoms with Crippen LogP contribution in [0.15, 0.2) is 0 Å². The summed E-state index contributed by atoms with van der Waals surface area (Å²) in [5, 5.41) is 0.